The Morgan fingerprint density at radius 3 is 2.95 bits per heavy atom. The summed E-state index contributed by atoms with van der Waals surface area (Å²) in [5.74, 6) is -0.722. The highest BCUT2D eigenvalue weighted by Crippen LogP contribution is 2.13. The second-order valence-corrected chi connectivity index (χ2v) is 4.34. The molecule has 2 rings (SSSR count). The van der Waals surface area contributed by atoms with E-state index < -0.39 is 18.3 Å². The van der Waals surface area contributed by atoms with Crippen molar-refractivity contribution < 1.29 is 14.7 Å². The Bertz CT molecular complexity index is 619. The SMILES string of the molecule is Cc1nc2ccc(CCNC(=O)CC(=O)O)cc2[nH]1. The molecule has 0 aliphatic carbocycles. The molecule has 3 N–H and O–H groups in total. The average molecular weight is 261 g/mol. The fourth-order valence-corrected chi connectivity index (χ4v) is 1.89. The minimum Gasteiger partial charge on any atom is -0.481 e. The van der Waals surface area contributed by atoms with Crippen molar-refractivity contribution in [3.05, 3.63) is 29.6 Å². The van der Waals surface area contributed by atoms with Crippen molar-refractivity contribution in [3.63, 3.8) is 0 Å². The van der Waals surface area contributed by atoms with Crippen LogP contribution >= 0.6 is 0 Å². The number of rotatable bonds is 5. The molecule has 0 unspecified atom stereocenters. The zero-order chi connectivity index (χ0) is 13.8. The van der Waals surface area contributed by atoms with Crippen molar-refractivity contribution >= 4 is 22.9 Å². The number of carboxylic acids is 1. The van der Waals surface area contributed by atoms with E-state index in [-0.39, 0.29) is 0 Å². The maximum atomic E-state index is 11.2. The number of aliphatic carboxylic acids is 1. The zero-order valence-electron chi connectivity index (χ0n) is 10.6. The molecular formula is C13H15N3O3. The number of nitrogens with zero attached hydrogens (tertiary/aromatic N) is 1. The van der Waals surface area contributed by atoms with Crippen molar-refractivity contribution in [2.75, 3.05) is 6.54 Å². The standard InChI is InChI=1S/C13H15N3O3/c1-8-15-10-3-2-9(6-11(10)16-8)4-5-14-12(17)7-13(18)19/h2-3,6H,4-5,7H2,1H3,(H,14,17)(H,15,16)(H,18,19). The predicted molar refractivity (Wildman–Crippen MR) is 69.8 cm³/mol. The molecule has 0 radical (unpaired) electrons. The lowest BCUT2D eigenvalue weighted by Gasteiger charge is -2.03. The van der Waals surface area contributed by atoms with Gasteiger partial charge in [-0.05, 0) is 31.0 Å². The third-order valence-electron chi connectivity index (χ3n) is 2.71. The summed E-state index contributed by atoms with van der Waals surface area (Å²) in [6.45, 7) is 2.32. The summed E-state index contributed by atoms with van der Waals surface area (Å²) in [6.07, 6.45) is 0.165. The van der Waals surface area contributed by atoms with E-state index in [1.54, 1.807) is 0 Å². The Hall–Kier alpha value is -2.37. The maximum absolute atomic E-state index is 11.2. The van der Waals surface area contributed by atoms with Gasteiger partial charge in [0.25, 0.3) is 0 Å². The number of nitrogens with one attached hydrogen (secondary N) is 2. The number of carboxylic acid groups (broad SMARTS) is 1. The van der Waals surface area contributed by atoms with Crippen LogP contribution in [0.3, 0.4) is 0 Å². The number of amides is 1. The van der Waals surface area contributed by atoms with Crippen molar-refractivity contribution in [1.82, 2.24) is 15.3 Å². The van der Waals surface area contributed by atoms with Crippen molar-refractivity contribution in [3.8, 4) is 0 Å². The molecule has 0 aliphatic rings. The van der Waals surface area contributed by atoms with Gasteiger partial charge in [0.2, 0.25) is 5.91 Å². The summed E-state index contributed by atoms with van der Waals surface area (Å²) in [4.78, 5) is 28.9. The summed E-state index contributed by atoms with van der Waals surface area (Å²) in [7, 11) is 0. The minimum absolute atomic E-state index is 0.421. The van der Waals surface area contributed by atoms with E-state index in [0.717, 1.165) is 22.4 Å². The first-order chi connectivity index (χ1) is 9.04. The number of aromatic nitrogens is 2. The number of carbonyl (C=O) groups excluding carboxylic acids is 1. The molecule has 100 valence electrons. The number of benzene rings is 1. The summed E-state index contributed by atoms with van der Waals surface area (Å²) in [6, 6.07) is 5.86. The van der Waals surface area contributed by atoms with Gasteiger partial charge in [-0.1, -0.05) is 6.07 Å². The van der Waals surface area contributed by atoms with Crippen LogP contribution in [0.4, 0.5) is 0 Å². The van der Waals surface area contributed by atoms with E-state index in [1.165, 1.54) is 0 Å². The lowest BCUT2D eigenvalue weighted by atomic mass is 10.1. The van der Waals surface area contributed by atoms with E-state index in [0.29, 0.717) is 13.0 Å². The molecule has 6 nitrogen and oxygen atoms in total. The van der Waals surface area contributed by atoms with Gasteiger partial charge in [-0.3, -0.25) is 9.59 Å². The van der Waals surface area contributed by atoms with Gasteiger partial charge < -0.3 is 15.4 Å². The second-order valence-electron chi connectivity index (χ2n) is 4.34. The largest absolute Gasteiger partial charge is 0.481 e. The first kappa shape index (κ1) is 13.1. The second kappa shape index (κ2) is 5.51. The number of aryl methyl sites for hydroxylation is 1. The smallest absolute Gasteiger partial charge is 0.312 e. The van der Waals surface area contributed by atoms with Gasteiger partial charge in [-0.25, -0.2) is 4.98 Å². The molecule has 0 saturated heterocycles. The molecular weight excluding hydrogens is 246 g/mol. The van der Waals surface area contributed by atoms with Gasteiger partial charge in [0.15, 0.2) is 0 Å². The Balaban J connectivity index is 1.91. The lowest BCUT2D eigenvalue weighted by molar-refractivity contribution is -0.140. The maximum Gasteiger partial charge on any atom is 0.312 e. The topological polar surface area (TPSA) is 95.1 Å². The van der Waals surface area contributed by atoms with E-state index in [1.807, 2.05) is 25.1 Å². The number of aromatic amines is 1. The Kier molecular flexibility index (Phi) is 3.79. The van der Waals surface area contributed by atoms with Gasteiger partial charge in [0, 0.05) is 6.54 Å². The quantitative estimate of drug-likeness (QED) is 0.700. The fraction of sp³-hybridized carbons (Fsp3) is 0.308. The molecule has 1 aromatic carbocycles. The number of carbonyl (C=O) groups is 2. The number of hydrogen-bond donors (Lipinski definition) is 3. The van der Waals surface area contributed by atoms with Crippen LogP contribution in [0, 0.1) is 6.92 Å². The molecule has 1 amide bonds. The third kappa shape index (κ3) is 3.54. The van der Waals surface area contributed by atoms with E-state index >= 15 is 0 Å². The van der Waals surface area contributed by atoms with Gasteiger partial charge in [-0.2, -0.15) is 0 Å². The fourth-order valence-electron chi connectivity index (χ4n) is 1.89. The minimum atomic E-state index is -1.12. The van der Waals surface area contributed by atoms with Crippen LogP contribution in [0.15, 0.2) is 18.2 Å². The molecule has 0 fully saturated rings. The van der Waals surface area contributed by atoms with Gasteiger partial charge in [0.1, 0.15) is 12.2 Å². The first-order valence-corrected chi connectivity index (χ1v) is 5.98. The van der Waals surface area contributed by atoms with E-state index in [2.05, 4.69) is 15.3 Å². The predicted octanol–water partition coefficient (Wildman–Crippen LogP) is 1.00. The van der Waals surface area contributed by atoms with Crippen LogP contribution < -0.4 is 5.32 Å². The van der Waals surface area contributed by atoms with Gasteiger partial charge >= 0.3 is 5.97 Å². The summed E-state index contributed by atoms with van der Waals surface area (Å²) in [5, 5.41) is 11.0. The van der Waals surface area contributed by atoms with Crippen LogP contribution in [-0.2, 0) is 16.0 Å². The molecule has 6 heteroatoms. The highest BCUT2D eigenvalue weighted by atomic mass is 16.4. The molecule has 0 saturated carbocycles. The van der Waals surface area contributed by atoms with Gasteiger partial charge in [-0.15, -0.1) is 0 Å². The van der Waals surface area contributed by atoms with Crippen LogP contribution in [0.25, 0.3) is 11.0 Å². The molecule has 19 heavy (non-hydrogen) atoms. The van der Waals surface area contributed by atoms with Crippen molar-refractivity contribution in [1.29, 1.82) is 0 Å². The van der Waals surface area contributed by atoms with Crippen molar-refractivity contribution in [2.45, 2.75) is 19.8 Å². The Labute approximate surface area is 109 Å². The molecule has 0 aliphatic heterocycles. The molecule has 0 bridgehead atoms. The van der Waals surface area contributed by atoms with Crippen LogP contribution in [-0.4, -0.2) is 33.5 Å². The zero-order valence-corrected chi connectivity index (χ0v) is 10.6. The number of hydrogen-bond acceptors (Lipinski definition) is 3. The molecule has 2 aromatic rings. The third-order valence-corrected chi connectivity index (χ3v) is 2.71. The highest BCUT2D eigenvalue weighted by Gasteiger charge is 2.06. The van der Waals surface area contributed by atoms with Crippen LogP contribution in [0.5, 0.6) is 0 Å². The summed E-state index contributed by atoms with van der Waals surface area (Å²) >= 11 is 0. The van der Waals surface area contributed by atoms with Crippen LogP contribution in [0.1, 0.15) is 17.8 Å². The van der Waals surface area contributed by atoms with Gasteiger partial charge in [0.05, 0.1) is 11.0 Å². The Morgan fingerprint density at radius 1 is 1.42 bits per heavy atom. The van der Waals surface area contributed by atoms with Crippen LogP contribution in [0.2, 0.25) is 0 Å². The molecule has 0 spiro atoms. The molecule has 1 aromatic heterocycles. The average Bonchev–Trinajstić information content (AvgIpc) is 2.67. The lowest BCUT2D eigenvalue weighted by Crippen LogP contribution is -2.27. The van der Waals surface area contributed by atoms with E-state index in [4.69, 9.17) is 5.11 Å². The normalized spacial score (nSPS) is 10.6. The number of fused-ring (bicyclic) bond motifs is 1. The molecule has 0 atom stereocenters. The Morgan fingerprint density at radius 2 is 2.21 bits per heavy atom. The monoisotopic (exact) mass is 261 g/mol. The van der Waals surface area contributed by atoms with Crippen molar-refractivity contribution in [2.24, 2.45) is 0 Å². The van der Waals surface area contributed by atoms with E-state index in [9.17, 15) is 9.59 Å². The molecule has 1 heterocycles. The number of H-pyrrole nitrogens is 1. The first-order valence-electron chi connectivity index (χ1n) is 5.98. The summed E-state index contributed by atoms with van der Waals surface area (Å²) in [5.41, 5.74) is 2.94. The number of imidazole rings is 1. The summed E-state index contributed by atoms with van der Waals surface area (Å²) < 4.78 is 0. The highest BCUT2D eigenvalue weighted by molar-refractivity contribution is 5.93.